The first-order valence-corrected chi connectivity index (χ1v) is 6.76. The second-order valence-electron chi connectivity index (χ2n) is 4.04. The number of nitrogens with two attached hydrogens (primary N) is 2. The van der Waals surface area contributed by atoms with Gasteiger partial charge in [-0.3, -0.25) is 10.2 Å². The van der Waals surface area contributed by atoms with E-state index in [2.05, 4.69) is 5.43 Å². The van der Waals surface area contributed by atoms with Crippen LogP contribution in [0.15, 0.2) is 53.4 Å². The van der Waals surface area contributed by atoms with Crippen LogP contribution < -0.4 is 17.0 Å². The molecule has 1 amide bonds. The quantitative estimate of drug-likeness (QED) is 0.262. The van der Waals surface area contributed by atoms with Crippen LogP contribution in [-0.2, 0) is 5.75 Å². The monoisotopic (exact) mass is 273 g/mol. The van der Waals surface area contributed by atoms with Crippen molar-refractivity contribution in [2.45, 2.75) is 10.6 Å². The van der Waals surface area contributed by atoms with Crippen LogP contribution in [0, 0.1) is 0 Å². The van der Waals surface area contributed by atoms with E-state index in [4.69, 9.17) is 11.6 Å². The second-order valence-corrected chi connectivity index (χ2v) is 5.08. The van der Waals surface area contributed by atoms with Gasteiger partial charge in [0.25, 0.3) is 5.91 Å². The smallest absolute Gasteiger partial charge is 0.265 e. The molecular weight excluding hydrogens is 258 g/mol. The molecule has 2 aromatic carbocycles. The highest BCUT2D eigenvalue weighted by molar-refractivity contribution is 7.98. The lowest BCUT2D eigenvalue weighted by Gasteiger charge is -2.05. The number of amides is 1. The normalized spacial score (nSPS) is 10.2. The Hall–Kier alpha value is -1.98. The van der Waals surface area contributed by atoms with Crippen molar-refractivity contribution in [3.8, 4) is 0 Å². The van der Waals surface area contributed by atoms with Crippen LogP contribution in [0.2, 0.25) is 0 Å². The number of benzene rings is 2. The van der Waals surface area contributed by atoms with Gasteiger partial charge in [-0.25, -0.2) is 5.84 Å². The largest absolute Gasteiger partial charge is 0.399 e. The zero-order valence-electron chi connectivity index (χ0n) is 10.3. The minimum absolute atomic E-state index is 0.282. The lowest BCUT2D eigenvalue weighted by molar-refractivity contribution is 0.0953. The van der Waals surface area contributed by atoms with Crippen LogP contribution in [0.5, 0.6) is 0 Å². The fourth-order valence-electron chi connectivity index (χ4n) is 1.66. The SMILES string of the molecule is NNC(=O)c1cccc(CSc2cccc(N)c2)c1. The van der Waals surface area contributed by atoms with Crippen LogP contribution in [-0.4, -0.2) is 5.91 Å². The average Bonchev–Trinajstić information content (AvgIpc) is 2.45. The van der Waals surface area contributed by atoms with Gasteiger partial charge < -0.3 is 5.73 Å². The van der Waals surface area contributed by atoms with Crippen molar-refractivity contribution in [3.05, 3.63) is 59.7 Å². The Morgan fingerprint density at radius 1 is 1.16 bits per heavy atom. The van der Waals surface area contributed by atoms with Gasteiger partial charge in [-0.15, -0.1) is 11.8 Å². The molecule has 0 aliphatic heterocycles. The van der Waals surface area contributed by atoms with Crippen molar-refractivity contribution in [3.63, 3.8) is 0 Å². The predicted octanol–water partition coefficient (Wildman–Crippen LogP) is 2.16. The Bertz CT molecular complexity index is 586. The van der Waals surface area contributed by atoms with Crippen molar-refractivity contribution in [2.24, 2.45) is 5.84 Å². The Kier molecular flexibility index (Phi) is 4.43. The summed E-state index contributed by atoms with van der Waals surface area (Å²) in [7, 11) is 0. The van der Waals surface area contributed by atoms with E-state index in [0.717, 1.165) is 21.9 Å². The van der Waals surface area contributed by atoms with Crippen LogP contribution in [0.1, 0.15) is 15.9 Å². The van der Waals surface area contributed by atoms with E-state index in [1.165, 1.54) is 0 Å². The summed E-state index contributed by atoms with van der Waals surface area (Å²) in [6, 6.07) is 15.1. The summed E-state index contributed by atoms with van der Waals surface area (Å²) in [4.78, 5) is 12.5. The van der Waals surface area contributed by atoms with Gasteiger partial charge in [-0.05, 0) is 35.9 Å². The summed E-state index contributed by atoms with van der Waals surface area (Å²) in [5.41, 5.74) is 10.2. The first kappa shape index (κ1) is 13.5. The topological polar surface area (TPSA) is 81.1 Å². The van der Waals surface area contributed by atoms with E-state index in [0.29, 0.717) is 5.56 Å². The van der Waals surface area contributed by atoms with Crippen molar-refractivity contribution in [2.75, 3.05) is 5.73 Å². The minimum atomic E-state index is -0.282. The molecule has 0 saturated carbocycles. The molecule has 0 radical (unpaired) electrons. The Morgan fingerprint density at radius 3 is 2.68 bits per heavy atom. The molecule has 2 rings (SSSR count). The van der Waals surface area contributed by atoms with Crippen LogP contribution in [0.3, 0.4) is 0 Å². The van der Waals surface area contributed by atoms with E-state index in [-0.39, 0.29) is 5.91 Å². The molecule has 98 valence electrons. The first-order chi connectivity index (χ1) is 9.19. The molecule has 0 aromatic heterocycles. The van der Waals surface area contributed by atoms with Gasteiger partial charge in [-0.2, -0.15) is 0 Å². The van der Waals surface area contributed by atoms with Crippen LogP contribution in [0.25, 0.3) is 0 Å². The van der Waals surface area contributed by atoms with E-state index < -0.39 is 0 Å². The number of nitrogens with one attached hydrogen (secondary N) is 1. The summed E-state index contributed by atoms with van der Waals surface area (Å²) in [5, 5.41) is 0. The fourth-order valence-corrected chi connectivity index (χ4v) is 2.56. The van der Waals surface area contributed by atoms with Crippen molar-refractivity contribution < 1.29 is 4.79 Å². The van der Waals surface area contributed by atoms with Crippen LogP contribution in [0.4, 0.5) is 5.69 Å². The Labute approximate surface area is 116 Å². The van der Waals surface area contributed by atoms with Gasteiger partial charge in [0.2, 0.25) is 0 Å². The molecule has 5 N–H and O–H groups in total. The van der Waals surface area contributed by atoms with Gasteiger partial charge in [0, 0.05) is 21.9 Å². The molecule has 0 unspecified atom stereocenters. The lowest BCUT2D eigenvalue weighted by atomic mass is 10.1. The molecular formula is C14H15N3OS. The third kappa shape index (κ3) is 3.74. The number of carbonyl (C=O) groups is 1. The fraction of sp³-hybridized carbons (Fsp3) is 0.0714. The van der Waals surface area contributed by atoms with Gasteiger partial charge >= 0.3 is 0 Å². The Morgan fingerprint density at radius 2 is 1.95 bits per heavy atom. The molecule has 2 aromatic rings. The third-order valence-corrected chi connectivity index (χ3v) is 3.65. The molecule has 0 saturated heterocycles. The number of thioether (sulfide) groups is 1. The number of hydrazine groups is 1. The molecule has 0 heterocycles. The maximum Gasteiger partial charge on any atom is 0.265 e. The van der Waals surface area contributed by atoms with Crippen molar-refractivity contribution in [1.29, 1.82) is 0 Å². The zero-order valence-corrected chi connectivity index (χ0v) is 11.1. The molecule has 0 aliphatic rings. The number of hydrogen-bond donors (Lipinski definition) is 3. The number of rotatable bonds is 4. The van der Waals surface area contributed by atoms with E-state index in [1.807, 2.05) is 42.5 Å². The first-order valence-electron chi connectivity index (χ1n) is 5.77. The number of anilines is 1. The van der Waals surface area contributed by atoms with E-state index in [1.54, 1.807) is 17.8 Å². The average molecular weight is 273 g/mol. The molecule has 4 nitrogen and oxygen atoms in total. The molecule has 19 heavy (non-hydrogen) atoms. The maximum absolute atomic E-state index is 11.4. The third-order valence-electron chi connectivity index (χ3n) is 2.58. The molecule has 0 bridgehead atoms. The van der Waals surface area contributed by atoms with Crippen LogP contribution >= 0.6 is 11.8 Å². The summed E-state index contributed by atoms with van der Waals surface area (Å²) < 4.78 is 0. The number of hydrogen-bond acceptors (Lipinski definition) is 4. The Balaban J connectivity index is 2.05. The predicted molar refractivity (Wildman–Crippen MR) is 78.5 cm³/mol. The molecule has 0 aliphatic carbocycles. The van der Waals surface area contributed by atoms with E-state index in [9.17, 15) is 4.79 Å². The number of carbonyl (C=O) groups excluding carboxylic acids is 1. The highest BCUT2D eigenvalue weighted by Crippen LogP contribution is 2.24. The maximum atomic E-state index is 11.4. The highest BCUT2D eigenvalue weighted by Gasteiger charge is 2.04. The summed E-state index contributed by atoms with van der Waals surface area (Å²) >= 11 is 1.67. The van der Waals surface area contributed by atoms with Crippen molar-refractivity contribution >= 4 is 23.4 Å². The van der Waals surface area contributed by atoms with E-state index >= 15 is 0 Å². The van der Waals surface area contributed by atoms with Gasteiger partial charge in [-0.1, -0.05) is 18.2 Å². The van der Waals surface area contributed by atoms with Crippen molar-refractivity contribution in [1.82, 2.24) is 5.43 Å². The zero-order chi connectivity index (χ0) is 13.7. The molecule has 5 heteroatoms. The summed E-state index contributed by atoms with van der Waals surface area (Å²) in [6.45, 7) is 0. The van der Waals surface area contributed by atoms with Gasteiger partial charge in [0.05, 0.1) is 0 Å². The second kappa shape index (κ2) is 6.26. The summed E-state index contributed by atoms with van der Waals surface area (Å²) in [5.74, 6) is 5.61. The summed E-state index contributed by atoms with van der Waals surface area (Å²) in [6.07, 6.45) is 0. The van der Waals surface area contributed by atoms with Gasteiger partial charge in [0.1, 0.15) is 0 Å². The lowest BCUT2D eigenvalue weighted by Crippen LogP contribution is -2.29. The molecule has 0 spiro atoms. The van der Waals surface area contributed by atoms with Gasteiger partial charge in [0.15, 0.2) is 0 Å². The number of nitrogen functional groups attached to an aromatic ring is 2. The minimum Gasteiger partial charge on any atom is -0.399 e. The highest BCUT2D eigenvalue weighted by atomic mass is 32.2. The molecule has 0 atom stereocenters. The molecule has 0 fully saturated rings. The standard InChI is InChI=1S/C14H15N3OS/c15-12-5-2-6-13(8-12)19-9-10-3-1-4-11(7-10)14(18)17-16/h1-8H,9,15-16H2,(H,17,18).